The average Bonchev–Trinajstić information content (AvgIpc) is 2.76. The van der Waals surface area contributed by atoms with E-state index < -0.39 is 6.23 Å². The van der Waals surface area contributed by atoms with E-state index in [9.17, 15) is 5.11 Å². The van der Waals surface area contributed by atoms with Gasteiger partial charge in [0.15, 0.2) is 6.29 Å². The lowest BCUT2D eigenvalue weighted by Crippen LogP contribution is -2.42. The number of aliphatic hydroxyl groups is 1. The monoisotopic (exact) mass is 334 g/mol. The molecule has 0 saturated carbocycles. The molecule has 2 heterocycles. The van der Waals surface area contributed by atoms with Crippen LogP contribution in [0.3, 0.4) is 0 Å². The molecule has 0 aromatic heterocycles. The third kappa shape index (κ3) is 3.25. The van der Waals surface area contributed by atoms with Gasteiger partial charge in [-0.15, -0.1) is 0 Å². The number of hydrogen-bond acceptors (Lipinski definition) is 5. The Bertz CT molecular complexity index is 572. The van der Waals surface area contributed by atoms with E-state index in [1.807, 2.05) is 18.0 Å². The average molecular weight is 334 g/mol. The van der Waals surface area contributed by atoms with E-state index in [1.54, 1.807) is 0 Å². The van der Waals surface area contributed by atoms with Crippen molar-refractivity contribution in [3.63, 3.8) is 0 Å². The lowest BCUT2D eigenvalue weighted by Gasteiger charge is -2.32. The number of fused-ring (bicyclic) bond motifs is 1. The fraction of sp³-hybridized carbons (Fsp3) is 0.684. The summed E-state index contributed by atoms with van der Waals surface area (Å²) in [6, 6.07) is 6.13. The molecule has 1 N–H and O–H groups in total. The molecule has 1 aromatic rings. The molecule has 3 rings (SSSR count). The minimum Gasteiger partial charge on any atom is -0.465 e. The molecule has 1 unspecified atom stereocenters. The number of anilines is 1. The fourth-order valence-electron chi connectivity index (χ4n) is 3.73. The summed E-state index contributed by atoms with van der Waals surface area (Å²) < 4.78 is 11.7. The third-order valence-electron chi connectivity index (χ3n) is 5.38. The fourth-order valence-corrected chi connectivity index (χ4v) is 3.73. The van der Waals surface area contributed by atoms with Gasteiger partial charge < -0.3 is 24.4 Å². The van der Waals surface area contributed by atoms with Gasteiger partial charge in [0.05, 0.1) is 6.61 Å². The van der Waals surface area contributed by atoms with Gasteiger partial charge in [-0.25, -0.2) is 0 Å². The quantitative estimate of drug-likeness (QED) is 0.897. The lowest BCUT2D eigenvalue weighted by atomic mass is 9.79. The predicted molar refractivity (Wildman–Crippen MR) is 95.6 cm³/mol. The smallest absolute Gasteiger partial charge is 0.199 e. The Kier molecular flexibility index (Phi) is 5.04. The largest absolute Gasteiger partial charge is 0.465 e. The first-order chi connectivity index (χ1) is 11.4. The highest BCUT2D eigenvalue weighted by Crippen LogP contribution is 2.47. The van der Waals surface area contributed by atoms with Crippen LogP contribution in [0.2, 0.25) is 0 Å². The van der Waals surface area contributed by atoms with Crippen LogP contribution >= 0.6 is 0 Å². The van der Waals surface area contributed by atoms with Crippen molar-refractivity contribution in [2.24, 2.45) is 0 Å². The van der Waals surface area contributed by atoms with Gasteiger partial charge in [0.25, 0.3) is 0 Å². The van der Waals surface area contributed by atoms with Crippen LogP contribution in [0, 0.1) is 0 Å². The molecule has 1 saturated heterocycles. The molecule has 2 aliphatic heterocycles. The summed E-state index contributed by atoms with van der Waals surface area (Å²) in [7, 11) is 6.08. The first-order valence-electron chi connectivity index (χ1n) is 8.90. The number of aliphatic hydroxyl groups excluding tert-OH is 1. The maximum atomic E-state index is 10.8. The SMILES string of the molecule is CN(C)CC[C@@]1(C)c2cc(OC3CCCCO3)ccc2N(C)[C@H]1O. The van der Waals surface area contributed by atoms with Gasteiger partial charge in [-0.2, -0.15) is 0 Å². The summed E-state index contributed by atoms with van der Waals surface area (Å²) in [6.07, 6.45) is 3.43. The first-order valence-corrected chi connectivity index (χ1v) is 8.90. The zero-order valence-corrected chi connectivity index (χ0v) is 15.3. The molecule has 5 nitrogen and oxygen atoms in total. The normalized spacial score (nSPS) is 29.8. The van der Waals surface area contributed by atoms with Gasteiger partial charge in [0.2, 0.25) is 0 Å². The van der Waals surface area contributed by atoms with E-state index in [0.29, 0.717) is 0 Å². The van der Waals surface area contributed by atoms with Crippen LogP contribution < -0.4 is 9.64 Å². The zero-order chi connectivity index (χ0) is 17.3. The van der Waals surface area contributed by atoms with E-state index in [-0.39, 0.29) is 11.7 Å². The summed E-state index contributed by atoms with van der Waals surface area (Å²) in [5, 5.41) is 10.8. The Balaban J connectivity index is 1.84. The van der Waals surface area contributed by atoms with Crippen molar-refractivity contribution in [3.8, 4) is 5.75 Å². The predicted octanol–water partition coefficient (Wildman–Crippen LogP) is 2.57. The van der Waals surface area contributed by atoms with E-state index in [4.69, 9.17) is 9.47 Å². The molecule has 0 radical (unpaired) electrons. The molecular formula is C19H30N2O3. The Morgan fingerprint density at radius 1 is 1.38 bits per heavy atom. The van der Waals surface area contributed by atoms with Gasteiger partial charge in [-0.3, -0.25) is 0 Å². The number of nitrogens with zero attached hydrogens (tertiary/aromatic N) is 2. The Labute approximate surface area is 145 Å². The van der Waals surface area contributed by atoms with Gasteiger partial charge in [-0.05, 0) is 63.7 Å². The molecule has 0 aliphatic carbocycles. The Morgan fingerprint density at radius 3 is 2.83 bits per heavy atom. The maximum Gasteiger partial charge on any atom is 0.199 e. The summed E-state index contributed by atoms with van der Waals surface area (Å²) in [4.78, 5) is 4.12. The minimum absolute atomic E-state index is 0.145. The van der Waals surface area contributed by atoms with Gasteiger partial charge in [0.1, 0.15) is 12.0 Å². The summed E-state index contributed by atoms with van der Waals surface area (Å²) >= 11 is 0. The van der Waals surface area contributed by atoms with Crippen molar-refractivity contribution >= 4 is 5.69 Å². The second kappa shape index (κ2) is 6.90. The molecule has 2 aliphatic rings. The molecule has 0 amide bonds. The number of rotatable bonds is 5. The molecule has 5 heteroatoms. The van der Waals surface area contributed by atoms with E-state index >= 15 is 0 Å². The van der Waals surface area contributed by atoms with Crippen molar-refractivity contribution in [1.82, 2.24) is 4.90 Å². The first kappa shape index (κ1) is 17.5. The Morgan fingerprint density at radius 2 is 2.17 bits per heavy atom. The number of hydrogen-bond donors (Lipinski definition) is 1. The molecule has 1 fully saturated rings. The van der Waals surface area contributed by atoms with Crippen LogP contribution in [-0.4, -0.2) is 56.8 Å². The van der Waals surface area contributed by atoms with Crippen LogP contribution in [0.1, 0.15) is 38.2 Å². The molecule has 0 bridgehead atoms. The lowest BCUT2D eigenvalue weighted by molar-refractivity contribution is -0.105. The van der Waals surface area contributed by atoms with Crippen LogP contribution in [0.5, 0.6) is 5.75 Å². The van der Waals surface area contributed by atoms with Crippen LogP contribution in [0.15, 0.2) is 18.2 Å². The molecule has 3 atom stereocenters. The van der Waals surface area contributed by atoms with E-state index in [2.05, 4.69) is 38.1 Å². The van der Waals surface area contributed by atoms with Gasteiger partial charge in [0, 0.05) is 24.6 Å². The number of likely N-dealkylation sites (N-methyl/N-ethyl adjacent to an activating group) is 1. The summed E-state index contributed by atoms with van der Waals surface area (Å²) in [5.74, 6) is 0.833. The Hall–Kier alpha value is -1.30. The summed E-state index contributed by atoms with van der Waals surface area (Å²) in [6.45, 7) is 3.85. The zero-order valence-electron chi connectivity index (χ0n) is 15.3. The van der Waals surface area contributed by atoms with Crippen LogP contribution in [-0.2, 0) is 10.2 Å². The minimum atomic E-state index is -0.520. The molecular weight excluding hydrogens is 304 g/mol. The number of benzene rings is 1. The van der Waals surface area contributed by atoms with Crippen molar-refractivity contribution in [2.75, 3.05) is 39.2 Å². The van der Waals surface area contributed by atoms with Crippen molar-refractivity contribution in [3.05, 3.63) is 23.8 Å². The topological polar surface area (TPSA) is 45.2 Å². The van der Waals surface area contributed by atoms with Crippen molar-refractivity contribution in [2.45, 2.75) is 50.5 Å². The third-order valence-corrected chi connectivity index (χ3v) is 5.38. The molecule has 134 valence electrons. The van der Waals surface area contributed by atoms with Crippen molar-refractivity contribution < 1.29 is 14.6 Å². The van der Waals surface area contributed by atoms with E-state index in [0.717, 1.165) is 55.8 Å². The molecule has 1 aromatic carbocycles. The van der Waals surface area contributed by atoms with Crippen LogP contribution in [0.4, 0.5) is 5.69 Å². The summed E-state index contributed by atoms with van der Waals surface area (Å²) in [5.41, 5.74) is 1.94. The standard InChI is InChI=1S/C19H30N2O3/c1-19(10-11-20(2)3)15-13-14(24-17-7-5-6-12-23-17)8-9-16(15)21(4)18(19)22/h8-9,13,17-18,22H,5-7,10-12H2,1-4H3/t17?,18-,19-/m0/s1. The van der Waals surface area contributed by atoms with E-state index in [1.165, 1.54) is 0 Å². The highest BCUT2D eigenvalue weighted by atomic mass is 16.7. The van der Waals surface area contributed by atoms with Crippen molar-refractivity contribution in [1.29, 1.82) is 0 Å². The second-order valence-corrected chi connectivity index (χ2v) is 7.55. The number of ether oxygens (including phenoxy) is 2. The molecule has 0 spiro atoms. The van der Waals surface area contributed by atoms with Gasteiger partial charge in [-0.1, -0.05) is 6.92 Å². The second-order valence-electron chi connectivity index (χ2n) is 7.55. The highest BCUT2D eigenvalue weighted by Gasteiger charge is 2.45. The maximum absolute atomic E-state index is 10.8. The highest BCUT2D eigenvalue weighted by molar-refractivity contribution is 5.64. The van der Waals surface area contributed by atoms with Crippen LogP contribution in [0.25, 0.3) is 0 Å². The molecule has 24 heavy (non-hydrogen) atoms. The van der Waals surface area contributed by atoms with Gasteiger partial charge >= 0.3 is 0 Å².